The van der Waals surface area contributed by atoms with Crippen molar-refractivity contribution >= 4 is 39.1 Å². The van der Waals surface area contributed by atoms with Crippen molar-refractivity contribution in [3.05, 3.63) is 87.0 Å². The zero-order valence-corrected chi connectivity index (χ0v) is 16.7. The van der Waals surface area contributed by atoms with Gasteiger partial charge >= 0.3 is 0 Å². The fourth-order valence-corrected chi connectivity index (χ4v) is 3.08. The summed E-state index contributed by atoms with van der Waals surface area (Å²) in [6.45, 7) is 0.215. The maximum Gasteiger partial charge on any atom is 0.228 e. The van der Waals surface area contributed by atoms with Gasteiger partial charge in [-0.05, 0) is 42.0 Å². The Kier molecular flexibility index (Phi) is 6.59. The molecule has 28 heavy (non-hydrogen) atoms. The summed E-state index contributed by atoms with van der Waals surface area (Å²) in [7, 11) is 0. The van der Waals surface area contributed by atoms with E-state index in [2.05, 4.69) is 26.2 Å². The fourth-order valence-electron chi connectivity index (χ4n) is 2.40. The lowest BCUT2D eigenvalue weighted by Gasteiger charge is -2.10. The Morgan fingerprint density at radius 2 is 1.86 bits per heavy atom. The standard InChI is InChI=1S/C20H14BrClF2N2O2/c21-17-9-16(26-19(27)8-13-7-14(23)2-5-18(13)22)4-1-12(17)11-28-20-6-3-15(24)10-25-20/h1-7,9-10H,8,11H2,(H,26,27). The van der Waals surface area contributed by atoms with E-state index in [1.165, 1.54) is 30.3 Å². The summed E-state index contributed by atoms with van der Waals surface area (Å²) in [5, 5.41) is 3.07. The molecule has 8 heteroatoms. The minimum atomic E-state index is -0.449. The molecule has 3 aromatic rings. The molecule has 3 rings (SSSR count). The van der Waals surface area contributed by atoms with Gasteiger partial charge in [-0.1, -0.05) is 33.6 Å². The third-order valence-corrected chi connectivity index (χ3v) is 4.88. The quantitative estimate of drug-likeness (QED) is 0.518. The Balaban J connectivity index is 1.60. The Bertz CT molecular complexity index is 1000. The molecule has 0 saturated carbocycles. The SMILES string of the molecule is O=C(Cc1cc(F)ccc1Cl)Nc1ccc(COc2ccc(F)cn2)c(Br)c1. The number of rotatable bonds is 6. The molecule has 0 radical (unpaired) electrons. The van der Waals surface area contributed by atoms with Crippen LogP contribution in [0.4, 0.5) is 14.5 Å². The lowest BCUT2D eigenvalue weighted by molar-refractivity contribution is -0.115. The number of nitrogens with zero attached hydrogens (tertiary/aromatic N) is 1. The van der Waals surface area contributed by atoms with E-state index in [-0.39, 0.29) is 18.9 Å². The van der Waals surface area contributed by atoms with Crippen molar-refractivity contribution in [3.63, 3.8) is 0 Å². The van der Waals surface area contributed by atoms with Gasteiger partial charge in [0, 0.05) is 26.8 Å². The lowest BCUT2D eigenvalue weighted by atomic mass is 10.1. The van der Waals surface area contributed by atoms with Crippen LogP contribution in [0.1, 0.15) is 11.1 Å². The van der Waals surface area contributed by atoms with E-state index >= 15 is 0 Å². The summed E-state index contributed by atoms with van der Waals surface area (Å²) >= 11 is 9.42. The minimum absolute atomic E-state index is 0.0463. The average Bonchev–Trinajstić information content (AvgIpc) is 2.65. The first-order valence-electron chi connectivity index (χ1n) is 8.17. The molecule has 0 aliphatic rings. The van der Waals surface area contributed by atoms with Gasteiger partial charge in [0.05, 0.1) is 12.6 Å². The van der Waals surface area contributed by atoms with Crippen LogP contribution in [0.5, 0.6) is 5.88 Å². The molecule has 0 atom stereocenters. The van der Waals surface area contributed by atoms with Crippen LogP contribution in [-0.4, -0.2) is 10.9 Å². The number of hydrogen-bond donors (Lipinski definition) is 1. The van der Waals surface area contributed by atoms with Crippen molar-refractivity contribution in [3.8, 4) is 5.88 Å². The van der Waals surface area contributed by atoms with Crippen molar-refractivity contribution in [2.24, 2.45) is 0 Å². The highest BCUT2D eigenvalue weighted by Crippen LogP contribution is 2.24. The first kappa shape index (κ1) is 20.2. The third-order valence-electron chi connectivity index (χ3n) is 3.77. The first-order valence-corrected chi connectivity index (χ1v) is 9.34. The second-order valence-electron chi connectivity index (χ2n) is 5.87. The van der Waals surface area contributed by atoms with Crippen LogP contribution in [0.25, 0.3) is 0 Å². The molecule has 0 unspecified atom stereocenters. The normalized spacial score (nSPS) is 10.6. The molecule has 144 valence electrons. The molecule has 4 nitrogen and oxygen atoms in total. The molecule has 0 spiro atoms. The second kappa shape index (κ2) is 9.12. The highest BCUT2D eigenvalue weighted by molar-refractivity contribution is 9.10. The summed E-state index contributed by atoms with van der Waals surface area (Å²) < 4.78 is 32.4. The summed E-state index contributed by atoms with van der Waals surface area (Å²) in [5.74, 6) is -0.903. The van der Waals surface area contributed by atoms with Gasteiger partial charge in [0.25, 0.3) is 0 Å². The number of pyridine rings is 1. The molecule has 0 fully saturated rings. The van der Waals surface area contributed by atoms with Crippen molar-refractivity contribution in [1.29, 1.82) is 0 Å². The number of carbonyl (C=O) groups is 1. The molecule has 1 heterocycles. The van der Waals surface area contributed by atoms with E-state index in [0.717, 1.165) is 16.2 Å². The number of amides is 1. The highest BCUT2D eigenvalue weighted by Gasteiger charge is 2.10. The van der Waals surface area contributed by atoms with Crippen LogP contribution in [0, 0.1) is 11.6 Å². The van der Waals surface area contributed by atoms with Gasteiger partial charge < -0.3 is 10.1 Å². The van der Waals surface area contributed by atoms with E-state index in [4.69, 9.17) is 16.3 Å². The van der Waals surface area contributed by atoms with E-state index in [9.17, 15) is 13.6 Å². The Morgan fingerprint density at radius 3 is 2.57 bits per heavy atom. The molecule has 1 amide bonds. The fraction of sp³-hybridized carbons (Fsp3) is 0.100. The Labute approximate surface area is 173 Å². The summed E-state index contributed by atoms with van der Waals surface area (Å²) in [6.07, 6.45) is 1.03. The number of nitrogens with one attached hydrogen (secondary N) is 1. The second-order valence-corrected chi connectivity index (χ2v) is 7.13. The molecule has 0 aliphatic heterocycles. The van der Waals surface area contributed by atoms with Crippen LogP contribution in [0.15, 0.2) is 59.2 Å². The van der Waals surface area contributed by atoms with Gasteiger partial charge in [-0.15, -0.1) is 0 Å². The van der Waals surface area contributed by atoms with Crippen LogP contribution >= 0.6 is 27.5 Å². The summed E-state index contributed by atoms with van der Waals surface area (Å²) in [5.41, 5.74) is 1.79. The maximum absolute atomic E-state index is 13.3. The van der Waals surface area contributed by atoms with E-state index in [0.29, 0.717) is 22.2 Å². The number of anilines is 1. The van der Waals surface area contributed by atoms with Gasteiger partial charge in [0.15, 0.2) is 0 Å². The van der Waals surface area contributed by atoms with Gasteiger partial charge in [-0.2, -0.15) is 0 Å². The van der Waals surface area contributed by atoms with Crippen LogP contribution < -0.4 is 10.1 Å². The molecule has 0 aliphatic carbocycles. The zero-order valence-electron chi connectivity index (χ0n) is 14.4. The first-order chi connectivity index (χ1) is 13.4. The molecule has 0 bridgehead atoms. The number of carbonyl (C=O) groups excluding carboxylic acids is 1. The van der Waals surface area contributed by atoms with E-state index in [1.807, 2.05) is 0 Å². The molecular formula is C20H14BrClF2N2O2. The summed E-state index contributed by atoms with van der Waals surface area (Å²) in [4.78, 5) is 16.0. The third kappa shape index (κ3) is 5.50. The van der Waals surface area contributed by atoms with Gasteiger partial charge in [0.1, 0.15) is 18.2 Å². The largest absolute Gasteiger partial charge is 0.473 e. The number of benzene rings is 2. The summed E-state index contributed by atoms with van der Waals surface area (Å²) in [6, 6.07) is 11.8. The van der Waals surface area contributed by atoms with Crippen molar-refractivity contribution in [2.45, 2.75) is 13.0 Å². The number of halogens is 4. The predicted molar refractivity (Wildman–Crippen MR) is 106 cm³/mol. The average molecular weight is 468 g/mol. The van der Waals surface area contributed by atoms with Gasteiger partial charge in [-0.25, -0.2) is 13.8 Å². The van der Waals surface area contributed by atoms with Gasteiger partial charge in [-0.3, -0.25) is 4.79 Å². The Hall–Kier alpha value is -2.51. The predicted octanol–water partition coefficient (Wildman–Crippen LogP) is 5.54. The lowest BCUT2D eigenvalue weighted by Crippen LogP contribution is -2.15. The van der Waals surface area contributed by atoms with Crippen molar-refractivity contribution in [2.75, 3.05) is 5.32 Å². The molecule has 2 aromatic carbocycles. The molecule has 0 saturated heterocycles. The van der Waals surface area contributed by atoms with Crippen molar-refractivity contribution in [1.82, 2.24) is 4.98 Å². The molecule has 1 N–H and O–H groups in total. The smallest absolute Gasteiger partial charge is 0.228 e. The van der Waals surface area contributed by atoms with E-state index in [1.54, 1.807) is 18.2 Å². The van der Waals surface area contributed by atoms with Crippen molar-refractivity contribution < 1.29 is 18.3 Å². The highest BCUT2D eigenvalue weighted by atomic mass is 79.9. The number of hydrogen-bond acceptors (Lipinski definition) is 3. The minimum Gasteiger partial charge on any atom is -0.473 e. The van der Waals surface area contributed by atoms with E-state index < -0.39 is 11.6 Å². The molecule has 1 aromatic heterocycles. The maximum atomic E-state index is 13.3. The number of aromatic nitrogens is 1. The van der Waals surface area contributed by atoms with Crippen LogP contribution in [0.3, 0.4) is 0 Å². The number of ether oxygens (including phenoxy) is 1. The topological polar surface area (TPSA) is 51.2 Å². The van der Waals surface area contributed by atoms with Gasteiger partial charge in [0.2, 0.25) is 11.8 Å². The molecular weight excluding hydrogens is 454 g/mol. The Morgan fingerprint density at radius 1 is 1.07 bits per heavy atom. The zero-order chi connectivity index (χ0) is 20.1. The van der Waals surface area contributed by atoms with Crippen LogP contribution in [-0.2, 0) is 17.8 Å². The van der Waals surface area contributed by atoms with Crippen LogP contribution in [0.2, 0.25) is 5.02 Å². The monoisotopic (exact) mass is 466 g/mol.